The summed E-state index contributed by atoms with van der Waals surface area (Å²) < 4.78 is 1.61. The van der Waals surface area contributed by atoms with Gasteiger partial charge in [-0.2, -0.15) is 0 Å². The number of pyridine rings is 1. The molecule has 3 rings (SSSR count). The molecule has 5 nitrogen and oxygen atoms in total. The van der Waals surface area contributed by atoms with E-state index in [0.29, 0.717) is 0 Å². The van der Waals surface area contributed by atoms with Gasteiger partial charge in [-0.05, 0) is 31.5 Å². The van der Waals surface area contributed by atoms with Crippen LogP contribution in [0.3, 0.4) is 0 Å². The number of rotatable bonds is 5. The molecule has 0 radical (unpaired) electrons. The van der Waals surface area contributed by atoms with Crippen LogP contribution in [0.15, 0.2) is 29.2 Å². The lowest BCUT2D eigenvalue weighted by molar-refractivity contribution is -0.925. The van der Waals surface area contributed by atoms with Crippen molar-refractivity contribution in [3.05, 3.63) is 46.0 Å². The van der Waals surface area contributed by atoms with Crippen LogP contribution in [0.5, 0.6) is 0 Å². The van der Waals surface area contributed by atoms with Crippen LogP contribution < -0.4 is 15.8 Å². The quantitative estimate of drug-likeness (QED) is 0.755. The van der Waals surface area contributed by atoms with Crippen LogP contribution in [0.2, 0.25) is 0 Å². The molecule has 118 valence electrons. The molecular formula is C17H26N4O+2. The lowest BCUT2D eigenvalue weighted by Gasteiger charge is -2.18. The van der Waals surface area contributed by atoms with Crippen molar-refractivity contribution in [3.8, 4) is 0 Å². The number of aromatic nitrogens is 2. The van der Waals surface area contributed by atoms with Gasteiger partial charge >= 0.3 is 0 Å². The first-order chi connectivity index (χ1) is 10.7. The molecule has 1 aliphatic rings. The third-order valence-electron chi connectivity index (χ3n) is 4.76. The molecule has 22 heavy (non-hydrogen) atoms. The number of nitrogens with one attached hydrogen (secondary N) is 1. The maximum absolute atomic E-state index is 12.1. The molecule has 0 aromatic carbocycles. The molecule has 1 unspecified atom stereocenters. The maximum Gasteiger partial charge on any atom is 0.258 e. The normalized spacial score (nSPS) is 21.5. The number of likely N-dealkylation sites (tertiary alicyclic amines) is 1. The summed E-state index contributed by atoms with van der Waals surface area (Å²) in [5, 5.41) is 2.31. The summed E-state index contributed by atoms with van der Waals surface area (Å²) in [7, 11) is 0. The fourth-order valence-corrected chi connectivity index (χ4v) is 3.52. The Bertz CT molecular complexity index is 709. The van der Waals surface area contributed by atoms with Gasteiger partial charge in [-0.25, -0.2) is 4.98 Å². The zero-order valence-corrected chi connectivity index (χ0v) is 13.5. The van der Waals surface area contributed by atoms with Crippen LogP contribution >= 0.6 is 0 Å². The monoisotopic (exact) mass is 302 g/mol. The van der Waals surface area contributed by atoms with Crippen LogP contribution in [0, 0.1) is 6.92 Å². The van der Waals surface area contributed by atoms with E-state index < -0.39 is 0 Å². The lowest BCUT2D eigenvalue weighted by Crippen LogP contribution is -3.16. The number of nitrogens with two attached hydrogens (primary N) is 1. The first-order valence-electron chi connectivity index (χ1n) is 8.32. The second kappa shape index (κ2) is 6.58. The summed E-state index contributed by atoms with van der Waals surface area (Å²) in [4.78, 5) is 18.5. The molecule has 3 N–H and O–H groups in total. The van der Waals surface area contributed by atoms with Crippen LogP contribution in [0.1, 0.15) is 31.0 Å². The number of likely N-dealkylation sites (N-methyl/N-ethyl adjacent to an activating group) is 1. The molecular weight excluding hydrogens is 276 g/mol. The minimum atomic E-state index is 0.00933. The molecule has 2 aromatic rings. The smallest absolute Gasteiger partial charge is 0.258 e. The first kappa shape index (κ1) is 15.2. The van der Waals surface area contributed by atoms with E-state index in [4.69, 9.17) is 0 Å². The minimum Gasteiger partial charge on any atom is -0.336 e. The van der Waals surface area contributed by atoms with Gasteiger partial charge in [0.1, 0.15) is 30.5 Å². The van der Waals surface area contributed by atoms with E-state index in [1.165, 1.54) is 25.9 Å². The zero-order chi connectivity index (χ0) is 15.5. The summed E-state index contributed by atoms with van der Waals surface area (Å²) in [6.07, 6.45) is 4.47. The van der Waals surface area contributed by atoms with Gasteiger partial charge in [0.2, 0.25) is 0 Å². The topological polar surface area (TPSA) is 55.4 Å². The Morgan fingerprint density at radius 2 is 2.32 bits per heavy atom. The molecule has 0 saturated carbocycles. The molecule has 1 fully saturated rings. The maximum atomic E-state index is 12.1. The molecule has 1 saturated heterocycles. The molecule has 2 atom stereocenters. The van der Waals surface area contributed by atoms with Crippen molar-refractivity contribution in [3.63, 3.8) is 0 Å². The molecule has 0 aliphatic carbocycles. The van der Waals surface area contributed by atoms with Gasteiger partial charge in [0, 0.05) is 25.1 Å². The third kappa shape index (κ3) is 3.20. The fourth-order valence-electron chi connectivity index (χ4n) is 3.52. The van der Waals surface area contributed by atoms with Crippen LogP contribution in [-0.4, -0.2) is 35.1 Å². The molecule has 3 heterocycles. The summed E-state index contributed by atoms with van der Waals surface area (Å²) in [6.45, 7) is 8.72. The highest BCUT2D eigenvalue weighted by Gasteiger charge is 2.28. The van der Waals surface area contributed by atoms with E-state index in [-0.39, 0.29) is 5.56 Å². The Balaban J connectivity index is 1.68. The lowest BCUT2D eigenvalue weighted by atomic mass is 10.2. The largest absolute Gasteiger partial charge is 0.336 e. The van der Waals surface area contributed by atoms with E-state index in [0.717, 1.165) is 36.0 Å². The Morgan fingerprint density at radius 3 is 3.14 bits per heavy atom. The summed E-state index contributed by atoms with van der Waals surface area (Å²) >= 11 is 0. The van der Waals surface area contributed by atoms with Crippen molar-refractivity contribution in [2.75, 3.05) is 19.6 Å². The van der Waals surface area contributed by atoms with Gasteiger partial charge in [0.15, 0.2) is 0 Å². The van der Waals surface area contributed by atoms with Gasteiger partial charge < -0.3 is 10.2 Å². The highest BCUT2D eigenvalue weighted by atomic mass is 16.1. The molecule has 1 aliphatic heterocycles. The molecule has 5 heteroatoms. The van der Waals surface area contributed by atoms with Gasteiger partial charge in [0.05, 0.1) is 13.1 Å². The number of fused-ring (bicyclic) bond motifs is 1. The van der Waals surface area contributed by atoms with Crippen LogP contribution in [0.4, 0.5) is 0 Å². The summed E-state index contributed by atoms with van der Waals surface area (Å²) in [5.74, 6) is 0. The predicted octanol–water partition coefficient (Wildman–Crippen LogP) is -0.866. The Kier molecular flexibility index (Phi) is 4.55. The van der Waals surface area contributed by atoms with E-state index in [1.807, 2.05) is 19.1 Å². The van der Waals surface area contributed by atoms with Crippen molar-refractivity contribution < 1.29 is 10.2 Å². The zero-order valence-electron chi connectivity index (χ0n) is 13.5. The van der Waals surface area contributed by atoms with Crippen molar-refractivity contribution in [1.29, 1.82) is 0 Å². The van der Waals surface area contributed by atoms with Gasteiger partial charge in [-0.1, -0.05) is 0 Å². The second-order valence-electron chi connectivity index (χ2n) is 6.35. The minimum absolute atomic E-state index is 0.00933. The van der Waals surface area contributed by atoms with Crippen molar-refractivity contribution in [2.45, 2.75) is 39.3 Å². The fraction of sp³-hybridized carbons (Fsp3) is 0.529. The number of hydrogen-bond acceptors (Lipinski definition) is 2. The Labute approximate surface area is 131 Å². The molecule has 2 aromatic heterocycles. The number of aryl methyl sites for hydroxylation is 1. The van der Waals surface area contributed by atoms with E-state index in [2.05, 4.69) is 17.2 Å². The molecule has 0 amide bonds. The third-order valence-corrected chi connectivity index (χ3v) is 4.76. The standard InChI is InChI=1S/C17H24N4O/c1-3-20-7-4-5-15(20)12-18-11-14-10-17(22)21-8-6-13(2)9-16(21)19-14/h6,8-10,15,18H,3-5,7,11-12H2,1-2H3/p+2/t15-/m1/s1. The Morgan fingerprint density at radius 1 is 1.45 bits per heavy atom. The first-order valence-corrected chi connectivity index (χ1v) is 8.32. The predicted molar refractivity (Wildman–Crippen MR) is 86.1 cm³/mol. The average molecular weight is 302 g/mol. The average Bonchev–Trinajstić information content (AvgIpc) is 2.94. The van der Waals surface area contributed by atoms with Crippen LogP contribution in [0.25, 0.3) is 5.65 Å². The van der Waals surface area contributed by atoms with Gasteiger partial charge in [-0.15, -0.1) is 0 Å². The van der Waals surface area contributed by atoms with Crippen molar-refractivity contribution >= 4 is 5.65 Å². The molecule has 0 bridgehead atoms. The van der Waals surface area contributed by atoms with E-state index in [1.54, 1.807) is 21.6 Å². The van der Waals surface area contributed by atoms with E-state index >= 15 is 0 Å². The molecule has 0 spiro atoms. The van der Waals surface area contributed by atoms with Gasteiger partial charge in [-0.3, -0.25) is 9.20 Å². The van der Waals surface area contributed by atoms with Crippen molar-refractivity contribution in [1.82, 2.24) is 9.38 Å². The summed E-state index contributed by atoms with van der Waals surface area (Å²) in [6, 6.07) is 6.32. The SMILES string of the molecule is CC[NH+]1CCC[C@@H]1C[NH2+]Cc1cc(=O)n2ccc(C)cc2n1. The summed E-state index contributed by atoms with van der Waals surface area (Å²) in [5.41, 5.74) is 2.76. The van der Waals surface area contributed by atoms with Gasteiger partial charge in [0.25, 0.3) is 5.56 Å². The Hall–Kier alpha value is -1.72. The van der Waals surface area contributed by atoms with E-state index in [9.17, 15) is 4.79 Å². The number of hydrogen-bond donors (Lipinski definition) is 2. The highest BCUT2D eigenvalue weighted by Crippen LogP contribution is 2.02. The highest BCUT2D eigenvalue weighted by molar-refractivity contribution is 5.41. The van der Waals surface area contributed by atoms with Crippen molar-refractivity contribution in [2.24, 2.45) is 0 Å². The second-order valence-corrected chi connectivity index (χ2v) is 6.35. The van der Waals surface area contributed by atoms with Crippen LogP contribution in [-0.2, 0) is 6.54 Å². The number of nitrogens with zero attached hydrogens (tertiary/aromatic N) is 2. The number of quaternary nitrogens is 2.